The molecule has 2 heterocycles. The quantitative estimate of drug-likeness (QED) is 0.821. The Labute approximate surface area is 165 Å². The first-order chi connectivity index (χ1) is 13.4. The molecule has 150 valence electrons. The van der Waals surface area contributed by atoms with Crippen LogP contribution in [-0.4, -0.2) is 61.9 Å². The Hall–Kier alpha value is -2.65. The Kier molecular flexibility index (Phi) is 6.15. The number of urea groups is 1. The SMILES string of the molecule is COc1ccc(S(=O)(=O)N2CCN(C(=O)N[C@H](C)c3ccncc3)CC2)cc1. The summed E-state index contributed by atoms with van der Waals surface area (Å²) in [5.41, 5.74) is 0.962. The van der Waals surface area contributed by atoms with E-state index in [1.54, 1.807) is 29.4 Å². The monoisotopic (exact) mass is 404 g/mol. The first-order valence-electron chi connectivity index (χ1n) is 9.01. The third kappa shape index (κ3) is 4.42. The number of nitrogens with one attached hydrogen (secondary N) is 1. The molecule has 0 aliphatic carbocycles. The molecule has 28 heavy (non-hydrogen) atoms. The van der Waals surface area contributed by atoms with E-state index in [2.05, 4.69) is 10.3 Å². The fraction of sp³-hybridized carbons (Fsp3) is 0.368. The Morgan fingerprint density at radius 2 is 1.68 bits per heavy atom. The van der Waals surface area contributed by atoms with Crippen LogP contribution in [0.2, 0.25) is 0 Å². The van der Waals surface area contributed by atoms with Gasteiger partial charge in [0.2, 0.25) is 10.0 Å². The smallest absolute Gasteiger partial charge is 0.317 e. The van der Waals surface area contributed by atoms with Gasteiger partial charge in [-0.25, -0.2) is 13.2 Å². The lowest BCUT2D eigenvalue weighted by molar-refractivity contribution is 0.169. The van der Waals surface area contributed by atoms with E-state index in [4.69, 9.17) is 4.74 Å². The predicted molar refractivity (Wildman–Crippen MR) is 105 cm³/mol. The molecule has 1 atom stereocenters. The van der Waals surface area contributed by atoms with Gasteiger partial charge in [-0.3, -0.25) is 4.98 Å². The lowest BCUT2D eigenvalue weighted by Crippen LogP contribution is -2.53. The molecule has 0 spiro atoms. The van der Waals surface area contributed by atoms with Crippen LogP contribution >= 0.6 is 0 Å². The highest BCUT2D eigenvalue weighted by molar-refractivity contribution is 7.89. The molecule has 1 aliphatic heterocycles. The Bertz CT molecular complexity index is 895. The van der Waals surface area contributed by atoms with E-state index in [1.165, 1.54) is 23.5 Å². The number of carbonyl (C=O) groups excluding carboxylic acids is 1. The summed E-state index contributed by atoms with van der Waals surface area (Å²) in [6, 6.07) is 9.65. The summed E-state index contributed by atoms with van der Waals surface area (Å²) in [7, 11) is -2.06. The van der Waals surface area contributed by atoms with Crippen LogP contribution in [-0.2, 0) is 10.0 Å². The topological polar surface area (TPSA) is 91.8 Å². The number of hydrogen-bond acceptors (Lipinski definition) is 5. The summed E-state index contributed by atoms with van der Waals surface area (Å²) in [5, 5.41) is 2.94. The van der Waals surface area contributed by atoms with Crippen molar-refractivity contribution in [1.82, 2.24) is 19.5 Å². The number of piperazine rings is 1. The van der Waals surface area contributed by atoms with Crippen LogP contribution < -0.4 is 10.1 Å². The first-order valence-corrected chi connectivity index (χ1v) is 10.5. The molecule has 2 amide bonds. The minimum absolute atomic E-state index is 0.156. The molecule has 1 aliphatic rings. The Morgan fingerprint density at radius 3 is 2.25 bits per heavy atom. The van der Waals surface area contributed by atoms with Crippen molar-refractivity contribution < 1.29 is 17.9 Å². The highest BCUT2D eigenvalue weighted by Gasteiger charge is 2.30. The summed E-state index contributed by atoms with van der Waals surface area (Å²) < 4.78 is 32.0. The van der Waals surface area contributed by atoms with E-state index in [-0.39, 0.29) is 30.1 Å². The van der Waals surface area contributed by atoms with E-state index in [1.807, 2.05) is 19.1 Å². The average Bonchev–Trinajstić information content (AvgIpc) is 2.74. The summed E-state index contributed by atoms with van der Waals surface area (Å²) in [4.78, 5) is 18.3. The minimum Gasteiger partial charge on any atom is -0.497 e. The minimum atomic E-state index is -3.59. The molecule has 1 saturated heterocycles. The van der Waals surface area contributed by atoms with Crippen LogP contribution in [0.5, 0.6) is 5.75 Å². The highest BCUT2D eigenvalue weighted by Crippen LogP contribution is 2.21. The summed E-state index contributed by atoms with van der Waals surface area (Å²) in [6.45, 7) is 3.09. The van der Waals surface area contributed by atoms with Gasteiger partial charge < -0.3 is 15.0 Å². The van der Waals surface area contributed by atoms with Gasteiger partial charge in [-0.1, -0.05) is 0 Å². The average molecular weight is 404 g/mol. The highest BCUT2D eigenvalue weighted by atomic mass is 32.2. The van der Waals surface area contributed by atoms with Crippen molar-refractivity contribution in [2.45, 2.75) is 17.9 Å². The third-order valence-corrected chi connectivity index (χ3v) is 6.68. The second-order valence-electron chi connectivity index (χ2n) is 6.52. The van der Waals surface area contributed by atoms with Gasteiger partial charge in [0.15, 0.2) is 0 Å². The zero-order valence-corrected chi connectivity index (χ0v) is 16.7. The van der Waals surface area contributed by atoms with Crippen LogP contribution in [0.25, 0.3) is 0 Å². The molecule has 0 radical (unpaired) electrons. The number of ether oxygens (including phenoxy) is 1. The van der Waals surface area contributed by atoms with Crippen LogP contribution in [0.1, 0.15) is 18.5 Å². The van der Waals surface area contributed by atoms with E-state index in [0.29, 0.717) is 18.8 Å². The summed E-state index contributed by atoms with van der Waals surface area (Å²) >= 11 is 0. The summed E-state index contributed by atoms with van der Waals surface area (Å²) in [5.74, 6) is 0.601. The van der Waals surface area contributed by atoms with Crippen molar-refractivity contribution in [3.63, 3.8) is 0 Å². The van der Waals surface area contributed by atoms with Gasteiger partial charge >= 0.3 is 6.03 Å². The standard InChI is InChI=1S/C19H24N4O4S/c1-15(16-7-9-20-10-8-16)21-19(24)22-11-13-23(14-12-22)28(25,26)18-5-3-17(27-2)4-6-18/h3-10,15H,11-14H2,1-2H3,(H,21,24)/t15-/m1/s1. The number of amides is 2. The van der Waals surface area contributed by atoms with Gasteiger partial charge in [-0.2, -0.15) is 4.31 Å². The lowest BCUT2D eigenvalue weighted by atomic mass is 10.1. The predicted octanol–water partition coefficient (Wildman–Crippen LogP) is 1.87. The Balaban J connectivity index is 1.58. The van der Waals surface area contributed by atoms with Crippen molar-refractivity contribution in [3.05, 3.63) is 54.4 Å². The van der Waals surface area contributed by atoms with E-state index >= 15 is 0 Å². The number of carbonyl (C=O) groups is 1. The molecule has 0 bridgehead atoms. The van der Waals surface area contributed by atoms with Gasteiger partial charge in [-0.15, -0.1) is 0 Å². The number of pyridine rings is 1. The normalized spacial score (nSPS) is 16.4. The fourth-order valence-corrected chi connectivity index (χ4v) is 4.46. The molecule has 3 rings (SSSR count). The van der Waals surface area contributed by atoms with Gasteiger partial charge in [0.05, 0.1) is 18.0 Å². The molecular formula is C19H24N4O4S. The number of rotatable bonds is 5. The van der Waals surface area contributed by atoms with Crippen molar-refractivity contribution in [3.8, 4) is 5.75 Å². The zero-order valence-electron chi connectivity index (χ0n) is 15.9. The van der Waals surface area contributed by atoms with Gasteiger partial charge in [-0.05, 0) is 48.9 Å². The molecule has 9 heteroatoms. The number of methoxy groups -OCH3 is 1. The van der Waals surface area contributed by atoms with Crippen LogP contribution in [0, 0.1) is 0 Å². The lowest BCUT2D eigenvalue weighted by Gasteiger charge is -2.34. The molecule has 0 saturated carbocycles. The van der Waals surface area contributed by atoms with Gasteiger partial charge in [0.1, 0.15) is 5.75 Å². The second-order valence-corrected chi connectivity index (χ2v) is 8.46. The van der Waals surface area contributed by atoms with Gasteiger partial charge in [0.25, 0.3) is 0 Å². The number of nitrogens with zero attached hydrogens (tertiary/aromatic N) is 3. The second kappa shape index (κ2) is 8.57. The Morgan fingerprint density at radius 1 is 1.07 bits per heavy atom. The van der Waals surface area contributed by atoms with Crippen molar-refractivity contribution in [2.24, 2.45) is 0 Å². The van der Waals surface area contributed by atoms with E-state index in [9.17, 15) is 13.2 Å². The molecule has 1 N–H and O–H groups in total. The molecule has 1 aromatic heterocycles. The molecule has 1 fully saturated rings. The molecule has 0 unspecified atom stereocenters. The number of benzene rings is 1. The summed E-state index contributed by atoms with van der Waals surface area (Å²) in [6.07, 6.45) is 3.36. The van der Waals surface area contributed by atoms with Crippen molar-refractivity contribution in [2.75, 3.05) is 33.3 Å². The van der Waals surface area contributed by atoms with Crippen LogP contribution in [0.3, 0.4) is 0 Å². The van der Waals surface area contributed by atoms with Gasteiger partial charge in [0, 0.05) is 38.6 Å². The number of aromatic nitrogens is 1. The molecule has 2 aromatic rings. The van der Waals surface area contributed by atoms with Crippen molar-refractivity contribution in [1.29, 1.82) is 0 Å². The maximum Gasteiger partial charge on any atom is 0.317 e. The van der Waals surface area contributed by atoms with Crippen LogP contribution in [0.4, 0.5) is 4.79 Å². The molecule has 8 nitrogen and oxygen atoms in total. The first kappa shape index (κ1) is 20.1. The van der Waals surface area contributed by atoms with Crippen molar-refractivity contribution >= 4 is 16.1 Å². The number of hydrogen-bond donors (Lipinski definition) is 1. The third-order valence-electron chi connectivity index (χ3n) is 4.77. The van der Waals surface area contributed by atoms with E-state index < -0.39 is 10.0 Å². The maximum atomic E-state index is 12.8. The molecular weight excluding hydrogens is 380 g/mol. The van der Waals surface area contributed by atoms with Crippen LogP contribution in [0.15, 0.2) is 53.7 Å². The maximum absolute atomic E-state index is 12.8. The van der Waals surface area contributed by atoms with E-state index in [0.717, 1.165) is 5.56 Å². The fourth-order valence-electron chi connectivity index (χ4n) is 3.04. The zero-order chi connectivity index (χ0) is 20.1. The number of sulfonamides is 1. The largest absolute Gasteiger partial charge is 0.497 e. The molecule has 1 aromatic carbocycles.